The minimum Gasteiger partial charge on any atom is -0.493 e. The highest BCUT2D eigenvalue weighted by Gasteiger charge is 2.14. The molecule has 1 rings (SSSR count). The van der Waals surface area contributed by atoms with Crippen LogP contribution < -0.4 is 10.1 Å². The zero-order chi connectivity index (χ0) is 13.6. The minimum absolute atomic E-state index is 0.272. The summed E-state index contributed by atoms with van der Waals surface area (Å²) in [6, 6.07) is 8.32. The average molecular weight is 251 g/mol. The van der Waals surface area contributed by atoms with E-state index in [0.29, 0.717) is 13.0 Å². The number of benzene rings is 1. The summed E-state index contributed by atoms with van der Waals surface area (Å²) in [5.41, 5.74) is 0.484. The quantitative estimate of drug-likeness (QED) is 0.783. The molecule has 0 aliphatic carbocycles. The van der Waals surface area contributed by atoms with E-state index >= 15 is 0 Å². The van der Waals surface area contributed by atoms with Crippen molar-refractivity contribution in [1.29, 1.82) is 0 Å². The van der Waals surface area contributed by atoms with Crippen molar-refractivity contribution >= 4 is 0 Å². The Morgan fingerprint density at radius 3 is 2.61 bits per heavy atom. The Hall–Kier alpha value is -1.06. The number of hydrogen-bond acceptors (Lipinski definition) is 3. The highest BCUT2D eigenvalue weighted by molar-refractivity contribution is 5.35. The Bertz CT molecular complexity index is 358. The highest BCUT2D eigenvalue weighted by atomic mass is 16.5. The Morgan fingerprint density at radius 2 is 2.00 bits per heavy atom. The van der Waals surface area contributed by atoms with Crippen LogP contribution in [0.25, 0.3) is 0 Å². The van der Waals surface area contributed by atoms with Crippen LogP contribution >= 0.6 is 0 Å². The van der Waals surface area contributed by atoms with E-state index in [1.807, 2.05) is 18.2 Å². The van der Waals surface area contributed by atoms with Crippen LogP contribution in [0.1, 0.15) is 45.7 Å². The van der Waals surface area contributed by atoms with Gasteiger partial charge < -0.3 is 15.2 Å². The standard InChI is InChI=1S/C15H25NO2/c1-5-16-12(2)13-8-6-7-9-14(13)18-11-10-15(3,4)17/h6-9,12,16-17H,5,10-11H2,1-4H3. The van der Waals surface area contributed by atoms with E-state index in [1.165, 1.54) is 0 Å². The maximum absolute atomic E-state index is 9.67. The normalized spacial score (nSPS) is 13.4. The molecule has 102 valence electrons. The van der Waals surface area contributed by atoms with Gasteiger partial charge in [-0.15, -0.1) is 0 Å². The monoisotopic (exact) mass is 251 g/mol. The van der Waals surface area contributed by atoms with Gasteiger partial charge in [-0.25, -0.2) is 0 Å². The molecule has 1 aromatic carbocycles. The van der Waals surface area contributed by atoms with Crippen LogP contribution in [0.15, 0.2) is 24.3 Å². The summed E-state index contributed by atoms with van der Waals surface area (Å²) in [6.45, 7) is 9.27. The highest BCUT2D eigenvalue weighted by Crippen LogP contribution is 2.25. The number of ether oxygens (including phenoxy) is 1. The van der Waals surface area contributed by atoms with E-state index in [2.05, 4.69) is 25.2 Å². The molecule has 0 aromatic heterocycles. The summed E-state index contributed by atoms with van der Waals surface area (Å²) in [4.78, 5) is 0. The minimum atomic E-state index is -0.678. The third kappa shape index (κ3) is 5.07. The van der Waals surface area contributed by atoms with Crippen LogP contribution in [0.5, 0.6) is 5.75 Å². The topological polar surface area (TPSA) is 41.5 Å². The number of hydrogen-bond donors (Lipinski definition) is 2. The first-order valence-corrected chi connectivity index (χ1v) is 6.61. The first-order valence-electron chi connectivity index (χ1n) is 6.61. The van der Waals surface area contributed by atoms with Crippen LogP contribution in [0, 0.1) is 0 Å². The number of aliphatic hydroxyl groups is 1. The third-order valence-corrected chi connectivity index (χ3v) is 2.87. The fourth-order valence-electron chi connectivity index (χ4n) is 1.80. The first kappa shape index (κ1) is 15.0. The van der Waals surface area contributed by atoms with Gasteiger partial charge in [-0.2, -0.15) is 0 Å². The van der Waals surface area contributed by atoms with Crippen LogP contribution in [-0.4, -0.2) is 23.9 Å². The summed E-state index contributed by atoms with van der Waals surface area (Å²) in [5.74, 6) is 0.898. The summed E-state index contributed by atoms with van der Waals surface area (Å²) in [5, 5.41) is 13.0. The van der Waals surface area contributed by atoms with Crippen molar-refractivity contribution in [3.05, 3.63) is 29.8 Å². The van der Waals surface area contributed by atoms with Crippen molar-refractivity contribution < 1.29 is 9.84 Å². The lowest BCUT2D eigenvalue weighted by Crippen LogP contribution is -2.22. The Morgan fingerprint density at radius 1 is 1.33 bits per heavy atom. The third-order valence-electron chi connectivity index (χ3n) is 2.87. The zero-order valence-corrected chi connectivity index (χ0v) is 11.9. The second-order valence-corrected chi connectivity index (χ2v) is 5.23. The summed E-state index contributed by atoms with van der Waals surface area (Å²) < 4.78 is 5.78. The molecule has 1 aromatic rings. The fraction of sp³-hybridized carbons (Fsp3) is 0.600. The van der Waals surface area contributed by atoms with Crippen molar-refractivity contribution in [1.82, 2.24) is 5.32 Å². The van der Waals surface area contributed by atoms with Gasteiger partial charge in [0, 0.05) is 18.0 Å². The van der Waals surface area contributed by atoms with Gasteiger partial charge in [0.2, 0.25) is 0 Å². The number of rotatable bonds is 7. The largest absolute Gasteiger partial charge is 0.493 e. The van der Waals surface area contributed by atoms with Crippen molar-refractivity contribution in [3.63, 3.8) is 0 Å². The summed E-state index contributed by atoms with van der Waals surface area (Å²) in [6.07, 6.45) is 0.622. The summed E-state index contributed by atoms with van der Waals surface area (Å²) in [7, 11) is 0. The van der Waals surface area contributed by atoms with Crippen molar-refractivity contribution in [2.75, 3.05) is 13.2 Å². The van der Waals surface area contributed by atoms with E-state index in [9.17, 15) is 5.11 Å². The summed E-state index contributed by atoms with van der Waals surface area (Å²) >= 11 is 0. The predicted molar refractivity (Wildman–Crippen MR) is 74.9 cm³/mol. The molecular formula is C15H25NO2. The Balaban J connectivity index is 2.64. The molecule has 0 fully saturated rings. The molecule has 0 heterocycles. The molecule has 3 nitrogen and oxygen atoms in total. The first-order chi connectivity index (χ1) is 8.44. The van der Waals surface area contributed by atoms with Gasteiger partial charge in [-0.3, -0.25) is 0 Å². The molecule has 0 bridgehead atoms. The molecule has 1 unspecified atom stereocenters. The van der Waals surface area contributed by atoms with Crippen molar-refractivity contribution in [2.24, 2.45) is 0 Å². The van der Waals surface area contributed by atoms with Crippen LogP contribution in [-0.2, 0) is 0 Å². The van der Waals surface area contributed by atoms with Crippen molar-refractivity contribution in [3.8, 4) is 5.75 Å². The van der Waals surface area contributed by atoms with Crippen LogP contribution in [0.3, 0.4) is 0 Å². The second kappa shape index (κ2) is 6.76. The van der Waals surface area contributed by atoms with Gasteiger partial charge in [0.15, 0.2) is 0 Å². The van der Waals surface area contributed by atoms with Gasteiger partial charge in [-0.05, 0) is 33.4 Å². The second-order valence-electron chi connectivity index (χ2n) is 5.23. The smallest absolute Gasteiger partial charge is 0.124 e. The Labute approximate surface area is 110 Å². The van der Waals surface area contributed by atoms with Gasteiger partial charge >= 0.3 is 0 Å². The molecule has 3 heteroatoms. The molecule has 0 radical (unpaired) electrons. The van der Waals surface area contributed by atoms with Gasteiger partial charge in [0.1, 0.15) is 5.75 Å². The van der Waals surface area contributed by atoms with E-state index in [-0.39, 0.29) is 6.04 Å². The number of para-hydroxylation sites is 1. The lowest BCUT2D eigenvalue weighted by atomic mass is 10.1. The molecule has 0 aliphatic heterocycles. The SMILES string of the molecule is CCNC(C)c1ccccc1OCCC(C)(C)O. The molecule has 0 saturated heterocycles. The van der Waals surface area contributed by atoms with Gasteiger partial charge in [-0.1, -0.05) is 25.1 Å². The number of nitrogens with one attached hydrogen (secondary N) is 1. The van der Waals surface area contributed by atoms with E-state index in [1.54, 1.807) is 13.8 Å². The molecule has 1 atom stereocenters. The maximum atomic E-state index is 9.67. The molecule has 0 spiro atoms. The van der Waals surface area contributed by atoms with Crippen LogP contribution in [0.2, 0.25) is 0 Å². The molecular weight excluding hydrogens is 226 g/mol. The molecule has 0 amide bonds. The molecule has 0 saturated carbocycles. The lowest BCUT2D eigenvalue weighted by Gasteiger charge is -2.20. The average Bonchev–Trinajstić information content (AvgIpc) is 2.28. The molecule has 2 N–H and O–H groups in total. The lowest BCUT2D eigenvalue weighted by molar-refractivity contribution is 0.0551. The predicted octanol–water partition coefficient (Wildman–Crippen LogP) is 2.90. The van der Waals surface area contributed by atoms with E-state index < -0.39 is 5.60 Å². The van der Waals surface area contributed by atoms with Crippen LogP contribution in [0.4, 0.5) is 0 Å². The maximum Gasteiger partial charge on any atom is 0.124 e. The van der Waals surface area contributed by atoms with E-state index in [4.69, 9.17) is 4.74 Å². The zero-order valence-electron chi connectivity index (χ0n) is 11.9. The van der Waals surface area contributed by atoms with Gasteiger partial charge in [0.05, 0.1) is 12.2 Å². The Kier molecular flexibility index (Phi) is 5.63. The fourth-order valence-corrected chi connectivity index (χ4v) is 1.80. The molecule has 0 aliphatic rings. The molecule has 18 heavy (non-hydrogen) atoms. The van der Waals surface area contributed by atoms with E-state index in [0.717, 1.165) is 17.9 Å². The van der Waals surface area contributed by atoms with Crippen molar-refractivity contribution in [2.45, 2.75) is 45.8 Å². The van der Waals surface area contributed by atoms with Gasteiger partial charge in [0.25, 0.3) is 0 Å².